The maximum atomic E-state index is 11.8. The molecule has 84 valence electrons. The molecule has 2 unspecified atom stereocenters. The van der Waals surface area contributed by atoms with E-state index in [0.29, 0.717) is 13.0 Å². The molecule has 0 saturated carbocycles. The second kappa shape index (κ2) is 4.57. The summed E-state index contributed by atoms with van der Waals surface area (Å²) < 4.78 is 24.9. The Balaban J connectivity index is 2.72. The lowest BCUT2D eigenvalue weighted by atomic mass is 10.1. The van der Waals surface area contributed by atoms with Crippen molar-refractivity contribution >= 4 is 10.0 Å². The fourth-order valence-corrected chi connectivity index (χ4v) is 3.04. The van der Waals surface area contributed by atoms with Crippen LogP contribution in [0.15, 0.2) is 0 Å². The lowest BCUT2D eigenvalue weighted by Gasteiger charge is -2.31. The Bertz CT molecular complexity index is 278. The second-order valence-electron chi connectivity index (χ2n) is 3.75. The zero-order valence-corrected chi connectivity index (χ0v) is 9.20. The van der Waals surface area contributed by atoms with Crippen LogP contribution >= 0.6 is 0 Å². The van der Waals surface area contributed by atoms with Gasteiger partial charge in [0.25, 0.3) is 0 Å². The van der Waals surface area contributed by atoms with E-state index in [2.05, 4.69) is 0 Å². The fourth-order valence-electron chi connectivity index (χ4n) is 1.53. The SMILES string of the molecule is CC(CN)S(=O)(=O)N1CCCC(O)C1. The smallest absolute Gasteiger partial charge is 0.218 e. The van der Waals surface area contributed by atoms with E-state index >= 15 is 0 Å². The summed E-state index contributed by atoms with van der Waals surface area (Å²) >= 11 is 0. The van der Waals surface area contributed by atoms with Crippen molar-refractivity contribution in [3.8, 4) is 0 Å². The van der Waals surface area contributed by atoms with Crippen molar-refractivity contribution in [2.75, 3.05) is 19.6 Å². The van der Waals surface area contributed by atoms with E-state index < -0.39 is 21.4 Å². The van der Waals surface area contributed by atoms with Crippen molar-refractivity contribution in [2.45, 2.75) is 31.1 Å². The van der Waals surface area contributed by atoms with Gasteiger partial charge >= 0.3 is 0 Å². The molecule has 1 aliphatic rings. The summed E-state index contributed by atoms with van der Waals surface area (Å²) in [5.41, 5.74) is 5.33. The molecule has 0 spiro atoms. The first-order valence-corrected chi connectivity index (χ1v) is 6.36. The van der Waals surface area contributed by atoms with Gasteiger partial charge < -0.3 is 10.8 Å². The monoisotopic (exact) mass is 222 g/mol. The van der Waals surface area contributed by atoms with E-state index in [1.165, 1.54) is 4.31 Å². The molecule has 14 heavy (non-hydrogen) atoms. The molecule has 1 heterocycles. The number of rotatable bonds is 3. The fraction of sp³-hybridized carbons (Fsp3) is 1.00. The molecular weight excluding hydrogens is 204 g/mol. The molecule has 1 fully saturated rings. The Morgan fingerprint density at radius 3 is 2.79 bits per heavy atom. The average Bonchev–Trinajstić information content (AvgIpc) is 2.16. The molecule has 1 rings (SSSR count). The lowest BCUT2D eigenvalue weighted by Crippen LogP contribution is -2.47. The third kappa shape index (κ3) is 2.44. The highest BCUT2D eigenvalue weighted by Crippen LogP contribution is 2.16. The minimum atomic E-state index is -3.30. The van der Waals surface area contributed by atoms with Crippen molar-refractivity contribution in [3.05, 3.63) is 0 Å². The lowest BCUT2D eigenvalue weighted by molar-refractivity contribution is 0.107. The van der Waals surface area contributed by atoms with Gasteiger partial charge in [-0.1, -0.05) is 0 Å². The standard InChI is InChI=1S/C8H18N2O3S/c1-7(5-9)14(12,13)10-4-2-3-8(11)6-10/h7-8,11H,2-6,9H2,1H3. The van der Waals surface area contributed by atoms with E-state index in [9.17, 15) is 13.5 Å². The van der Waals surface area contributed by atoms with Gasteiger partial charge in [0.05, 0.1) is 11.4 Å². The van der Waals surface area contributed by atoms with Crippen LogP contribution in [0.3, 0.4) is 0 Å². The molecule has 1 aliphatic heterocycles. The summed E-state index contributed by atoms with van der Waals surface area (Å²) in [5.74, 6) is 0. The summed E-state index contributed by atoms with van der Waals surface area (Å²) in [4.78, 5) is 0. The van der Waals surface area contributed by atoms with Crippen LogP contribution in [0.5, 0.6) is 0 Å². The summed E-state index contributed by atoms with van der Waals surface area (Å²) in [6.45, 7) is 2.43. The maximum absolute atomic E-state index is 11.8. The molecule has 2 atom stereocenters. The molecule has 0 aromatic rings. The first-order chi connectivity index (χ1) is 6.48. The number of sulfonamides is 1. The molecular formula is C8H18N2O3S. The van der Waals surface area contributed by atoms with Gasteiger partial charge in [-0.2, -0.15) is 4.31 Å². The highest BCUT2D eigenvalue weighted by Gasteiger charge is 2.31. The van der Waals surface area contributed by atoms with Crippen molar-refractivity contribution in [1.82, 2.24) is 4.31 Å². The van der Waals surface area contributed by atoms with Gasteiger partial charge in [-0.05, 0) is 19.8 Å². The highest BCUT2D eigenvalue weighted by atomic mass is 32.2. The number of aliphatic hydroxyl groups excluding tert-OH is 1. The number of β-amino-alcohol motifs (C(OH)–C–C–N with tert-alkyl or cyclic N) is 1. The Morgan fingerprint density at radius 1 is 1.64 bits per heavy atom. The van der Waals surface area contributed by atoms with Gasteiger partial charge in [0.2, 0.25) is 10.0 Å². The van der Waals surface area contributed by atoms with E-state index in [1.54, 1.807) is 6.92 Å². The normalized spacial score (nSPS) is 27.5. The minimum Gasteiger partial charge on any atom is -0.392 e. The predicted octanol–water partition coefficient (Wildman–Crippen LogP) is -0.880. The highest BCUT2D eigenvalue weighted by molar-refractivity contribution is 7.89. The molecule has 5 nitrogen and oxygen atoms in total. The Labute approximate surface area is 84.9 Å². The summed E-state index contributed by atoms with van der Waals surface area (Å²) in [6.07, 6.45) is 0.879. The van der Waals surface area contributed by atoms with E-state index in [4.69, 9.17) is 5.73 Å². The second-order valence-corrected chi connectivity index (χ2v) is 6.10. The molecule has 0 bridgehead atoms. The van der Waals surface area contributed by atoms with Crippen LogP contribution in [-0.2, 0) is 10.0 Å². The van der Waals surface area contributed by atoms with Gasteiger partial charge in [-0.3, -0.25) is 0 Å². The number of nitrogens with two attached hydrogens (primary N) is 1. The van der Waals surface area contributed by atoms with Crippen molar-refractivity contribution in [1.29, 1.82) is 0 Å². The van der Waals surface area contributed by atoms with E-state index in [1.807, 2.05) is 0 Å². The van der Waals surface area contributed by atoms with Crippen LogP contribution in [0.1, 0.15) is 19.8 Å². The number of aliphatic hydroxyl groups is 1. The van der Waals surface area contributed by atoms with E-state index in [-0.39, 0.29) is 13.1 Å². The topological polar surface area (TPSA) is 83.6 Å². The van der Waals surface area contributed by atoms with Gasteiger partial charge in [0.15, 0.2) is 0 Å². The van der Waals surface area contributed by atoms with Crippen molar-refractivity contribution in [2.24, 2.45) is 5.73 Å². The third-order valence-corrected chi connectivity index (χ3v) is 4.82. The molecule has 0 amide bonds. The zero-order chi connectivity index (χ0) is 10.8. The van der Waals surface area contributed by atoms with Crippen LogP contribution in [0.25, 0.3) is 0 Å². The summed E-state index contributed by atoms with van der Waals surface area (Å²) in [6, 6.07) is 0. The molecule has 6 heteroatoms. The minimum absolute atomic E-state index is 0.120. The number of hydrogen-bond acceptors (Lipinski definition) is 4. The molecule has 0 aromatic carbocycles. The van der Waals surface area contributed by atoms with Crippen LogP contribution < -0.4 is 5.73 Å². The van der Waals surface area contributed by atoms with Crippen LogP contribution in [0, 0.1) is 0 Å². The number of piperidine rings is 1. The first-order valence-electron chi connectivity index (χ1n) is 4.85. The maximum Gasteiger partial charge on any atom is 0.218 e. The van der Waals surface area contributed by atoms with Crippen molar-refractivity contribution in [3.63, 3.8) is 0 Å². The van der Waals surface area contributed by atoms with Crippen LogP contribution in [0.4, 0.5) is 0 Å². The van der Waals surface area contributed by atoms with Gasteiger partial charge in [-0.25, -0.2) is 8.42 Å². The third-order valence-electron chi connectivity index (χ3n) is 2.56. The van der Waals surface area contributed by atoms with Crippen molar-refractivity contribution < 1.29 is 13.5 Å². The summed E-state index contributed by atoms with van der Waals surface area (Å²) in [5, 5.41) is 8.80. The molecule has 0 aromatic heterocycles. The van der Waals surface area contributed by atoms with E-state index in [0.717, 1.165) is 6.42 Å². The average molecular weight is 222 g/mol. The van der Waals surface area contributed by atoms with Gasteiger partial charge in [0, 0.05) is 19.6 Å². The summed E-state index contributed by atoms with van der Waals surface area (Å²) in [7, 11) is -3.30. The Kier molecular flexibility index (Phi) is 3.88. The quantitative estimate of drug-likeness (QED) is 0.649. The molecule has 0 aliphatic carbocycles. The number of hydrogen-bond donors (Lipinski definition) is 2. The largest absolute Gasteiger partial charge is 0.392 e. The molecule has 3 N–H and O–H groups in total. The Hall–Kier alpha value is -0.170. The number of nitrogens with zero attached hydrogens (tertiary/aromatic N) is 1. The molecule has 0 radical (unpaired) electrons. The zero-order valence-electron chi connectivity index (χ0n) is 8.39. The van der Waals surface area contributed by atoms with Crippen LogP contribution in [-0.4, -0.2) is 48.8 Å². The van der Waals surface area contributed by atoms with Gasteiger partial charge in [-0.15, -0.1) is 0 Å². The molecule has 1 saturated heterocycles. The Morgan fingerprint density at radius 2 is 2.29 bits per heavy atom. The van der Waals surface area contributed by atoms with Crippen LogP contribution in [0.2, 0.25) is 0 Å². The predicted molar refractivity (Wildman–Crippen MR) is 54.3 cm³/mol. The van der Waals surface area contributed by atoms with Gasteiger partial charge in [0.1, 0.15) is 0 Å². The first kappa shape index (κ1) is 11.9.